The third-order valence-corrected chi connectivity index (χ3v) is 3.85. The third kappa shape index (κ3) is 5.63. The lowest BCUT2D eigenvalue weighted by molar-refractivity contribution is 0.0418. The molecule has 0 aliphatic rings. The van der Waals surface area contributed by atoms with E-state index in [1.807, 2.05) is 25.3 Å². The van der Waals surface area contributed by atoms with Crippen LogP contribution in [-0.2, 0) is 13.0 Å². The van der Waals surface area contributed by atoms with E-state index in [1.54, 1.807) is 6.33 Å². The van der Waals surface area contributed by atoms with E-state index in [4.69, 9.17) is 0 Å². The highest BCUT2D eigenvalue weighted by Gasteiger charge is 2.21. The molecule has 0 atom stereocenters. The number of nitrogens with one attached hydrogen (secondary N) is 2. The number of aliphatic hydroxyl groups is 1. The maximum absolute atomic E-state index is 10.3. The Labute approximate surface area is 133 Å². The van der Waals surface area contributed by atoms with E-state index >= 15 is 0 Å². The lowest BCUT2D eigenvalue weighted by Crippen LogP contribution is -2.41. The van der Waals surface area contributed by atoms with Crippen LogP contribution in [0.2, 0.25) is 0 Å². The van der Waals surface area contributed by atoms with Crippen LogP contribution in [0.15, 0.2) is 11.3 Å². The van der Waals surface area contributed by atoms with Crippen LogP contribution in [0.3, 0.4) is 0 Å². The molecule has 0 spiro atoms. The Morgan fingerprint density at radius 3 is 2.59 bits per heavy atom. The van der Waals surface area contributed by atoms with E-state index in [2.05, 4.69) is 32.7 Å². The fourth-order valence-electron chi connectivity index (χ4n) is 2.08. The van der Waals surface area contributed by atoms with Gasteiger partial charge in [0.25, 0.3) is 0 Å². The number of aryl methyl sites for hydroxylation is 1. The quantitative estimate of drug-likeness (QED) is 0.467. The summed E-state index contributed by atoms with van der Waals surface area (Å²) in [6, 6.07) is 0. The molecule has 0 fully saturated rings. The van der Waals surface area contributed by atoms with E-state index in [-0.39, 0.29) is 0 Å². The Balaban J connectivity index is 2.53. The first kappa shape index (κ1) is 18.4. The van der Waals surface area contributed by atoms with Crippen molar-refractivity contribution >= 4 is 5.96 Å². The van der Waals surface area contributed by atoms with E-state index in [0.717, 1.165) is 37.8 Å². The summed E-state index contributed by atoms with van der Waals surface area (Å²) in [6.07, 6.45) is 4.02. The second-order valence-electron chi connectivity index (χ2n) is 5.35. The van der Waals surface area contributed by atoms with Crippen molar-refractivity contribution in [2.45, 2.75) is 59.1 Å². The highest BCUT2D eigenvalue weighted by Crippen LogP contribution is 2.14. The molecule has 1 aromatic rings. The summed E-state index contributed by atoms with van der Waals surface area (Å²) in [7, 11) is 0. The monoisotopic (exact) mass is 310 g/mol. The van der Waals surface area contributed by atoms with Gasteiger partial charge in [0, 0.05) is 26.1 Å². The van der Waals surface area contributed by atoms with E-state index in [9.17, 15) is 5.11 Å². The van der Waals surface area contributed by atoms with Gasteiger partial charge in [-0.1, -0.05) is 20.8 Å². The van der Waals surface area contributed by atoms with Crippen LogP contribution < -0.4 is 10.6 Å². The van der Waals surface area contributed by atoms with Gasteiger partial charge >= 0.3 is 0 Å². The van der Waals surface area contributed by atoms with Crippen molar-refractivity contribution in [1.82, 2.24) is 25.4 Å². The van der Waals surface area contributed by atoms with Gasteiger partial charge in [-0.2, -0.15) is 0 Å². The molecule has 7 nitrogen and oxygen atoms in total. The van der Waals surface area contributed by atoms with Crippen molar-refractivity contribution in [3.05, 3.63) is 12.2 Å². The average molecular weight is 310 g/mol. The Morgan fingerprint density at radius 2 is 2.00 bits per heavy atom. The van der Waals surface area contributed by atoms with Crippen LogP contribution in [0.25, 0.3) is 0 Å². The van der Waals surface area contributed by atoms with Gasteiger partial charge in [0.15, 0.2) is 5.96 Å². The molecule has 3 N–H and O–H groups in total. The van der Waals surface area contributed by atoms with Gasteiger partial charge in [0.1, 0.15) is 12.2 Å². The molecule has 0 saturated carbocycles. The second kappa shape index (κ2) is 9.40. The van der Waals surface area contributed by atoms with E-state index in [1.165, 1.54) is 0 Å². The fourth-order valence-corrected chi connectivity index (χ4v) is 2.08. The van der Waals surface area contributed by atoms with Crippen molar-refractivity contribution in [3.63, 3.8) is 0 Å². The second-order valence-corrected chi connectivity index (χ2v) is 5.35. The maximum atomic E-state index is 10.3. The highest BCUT2D eigenvalue weighted by atomic mass is 16.3. The van der Waals surface area contributed by atoms with Crippen LogP contribution in [0, 0.1) is 0 Å². The molecule has 7 heteroatoms. The first-order valence-corrected chi connectivity index (χ1v) is 8.19. The number of aliphatic imine (C=N–C) groups is 1. The number of guanidine groups is 1. The van der Waals surface area contributed by atoms with E-state index in [0.29, 0.717) is 19.4 Å². The van der Waals surface area contributed by atoms with Crippen molar-refractivity contribution < 1.29 is 5.11 Å². The summed E-state index contributed by atoms with van der Waals surface area (Å²) in [5.74, 6) is 1.71. The van der Waals surface area contributed by atoms with Gasteiger partial charge in [-0.15, -0.1) is 10.2 Å². The van der Waals surface area contributed by atoms with Crippen LogP contribution in [0.4, 0.5) is 0 Å². The van der Waals surface area contributed by atoms with Crippen LogP contribution >= 0.6 is 0 Å². The number of hydrogen-bond donors (Lipinski definition) is 3. The maximum Gasteiger partial charge on any atom is 0.191 e. The molecule has 0 saturated heterocycles. The summed E-state index contributed by atoms with van der Waals surface area (Å²) < 4.78 is 2.03. The minimum Gasteiger partial charge on any atom is -0.388 e. The fraction of sp³-hybridized carbons (Fsp3) is 0.800. The van der Waals surface area contributed by atoms with Gasteiger partial charge in [-0.25, -0.2) is 0 Å². The molecule has 0 amide bonds. The zero-order valence-corrected chi connectivity index (χ0v) is 14.3. The normalized spacial score (nSPS) is 12.5. The summed E-state index contributed by atoms with van der Waals surface area (Å²) in [5, 5.41) is 24.8. The number of aromatic nitrogens is 3. The van der Waals surface area contributed by atoms with Crippen molar-refractivity contribution in [3.8, 4) is 0 Å². The number of rotatable bonds is 9. The molecular weight excluding hydrogens is 280 g/mol. The molecule has 22 heavy (non-hydrogen) atoms. The summed E-state index contributed by atoms with van der Waals surface area (Å²) in [5.41, 5.74) is -0.716. The van der Waals surface area contributed by atoms with E-state index < -0.39 is 5.60 Å². The lowest BCUT2D eigenvalue weighted by atomic mass is 9.98. The predicted molar refractivity (Wildman–Crippen MR) is 88.9 cm³/mol. The lowest BCUT2D eigenvalue weighted by Gasteiger charge is -2.23. The molecule has 0 aliphatic heterocycles. The zero-order valence-electron chi connectivity index (χ0n) is 14.3. The summed E-state index contributed by atoms with van der Waals surface area (Å²) in [6.45, 7) is 10.8. The minimum atomic E-state index is -0.716. The van der Waals surface area contributed by atoms with Crippen molar-refractivity contribution in [2.75, 3.05) is 19.6 Å². The van der Waals surface area contributed by atoms with Gasteiger partial charge in [0.2, 0.25) is 0 Å². The molecule has 0 aromatic carbocycles. The molecule has 126 valence electrons. The zero-order chi connectivity index (χ0) is 16.4. The largest absolute Gasteiger partial charge is 0.388 e. The molecule has 0 radical (unpaired) electrons. The van der Waals surface area contributed by atoms with Crippen molar-refractivity contribution in [1.29, 1.82) is 0 Å². The van der Waals surface area contributed by atoms with Gasteiger partial charge in [0.05, 0.1) is 12.1 Å². The van der Waals surface area contributed by atoms with Crippen molar-refractivity contribution in [2.24, 2.45) is 4.99 Å². The molecule has 1 rings (SSSR count). The number of nitrogens with zero attached hydrogens (tertiary/aromatic N) is 4. The number of hydrogen-bond acceptors (Lipinski definition) is 4. The molecule has 0 bridgehead atoms. The first-order chi connectivity index (χ1) is 10.6. The topological polar surface area (TPSA) is 87.4 Å². The first-order valence-electron chi connectivity index (χ1n) is 8.19. The smallest absolute Gasteiger partial charge is 0.191 e. The predicted octanol–water partition coefficient (Wildman–Crippen LogP) is 0.947. The van der Waals surface area contributed by atoms with Gasteiger partial charge in [-0.05, 0) is 19.8 Å². The molecular formula is C15H30N6O. The summed E-state index contributed by atoms with van der Waals surface area (Å²) in [4.78, 5) is 4.49. The molecule has 1 aromatic heterocycles. The SMILES string of the molecule is CCNC(=NCC(O)(CC)CC)NCCn1cnnc1CC. The average Bonchev–Trinajstić information content (AvgIpc) is 2.99. The summed E-state index contributed by atoms with van der Waals surface area (Å²) >= 11 is 0. The molecule has 1 heterocycles. The van der Waals surface area contributed by atoms with Crippen LogP contribution in [0.5, 0.6) is 0 Å². The van der Waals surface area contributed by atoms with Crippen LogP contribution in [0.1, 0.15) is 46.4 Å². The van der Waals surface area contributed by atoms with Gasteiger partial charge in [-0.3, -0.25) is 4.99 Å². The van der Waals surface area contributed by atoms with Gasteiger partial charge < -0.3 is 20.3 Å². The Kier molecular flexibility index (Phi) is 7.87. The van der Waals surface area contributed by atoms with Crippen LogP contribution in [-0.4, -0.2) is 51.1 Å². The highest BCUT2D eigenvalue weighted by molar-refractivity contribution is 5.79. The standard InChI is InChI=1S/C15H30N6O/c1-5-13-20-19-12-21(13)10-9-17-14(16-8-4)18-11-15(22,6-2)7-3/h12,22H,5-11H2,1-4H3,(H2,16,17,18). The third-order valence-electron chi connectivity index (χ3n) is 3.85. The molecule has 0 aliphatic carbocycles. The Bertz CT molecular complexity index is 453. The minimum absolute atomic E-state index is 0.405. The Morgan fingerprint density at radius 1 is 1.27 bits per heavy atom. The Hall–Kier alpha value is -1.63. The molecule has 0 unspecified atom stereocenters.